The van der Waals surface area contributed by atoms with Crippen LogP contribution in [0.4, 0.5) is 5.69 Å². The summed E-state index contributed by atoms with van der Waals surface area (Å²) in [4.78, 5) is 17.4. The number of hydroxylamine groups is 2. The highest BCUT2D eigenvalue weighted by Gasteiger charge is 2.40. The van der Waals surface area contributed by atoms with Crippen molar-refractivity contribution in [3.8, 4) is 0 Å². The van der Waals surface area contributed by atoms with Gasteiger partial charge in [-0.05, 0) is 31.5 Å². The van der Waals surface area contributed by atoms with E-state index in [1.54, 1.807) is 12.1 Å². The molecule has 7 heteroatoms. The van der Waals surface area contributed by atoms with Crippen molar-refractivity contribution in [1.82, 2.24) is 5.06 Å². The van der Waals surface area contributed by atoms with E-state index in [1.807, 2.05) is 13.8 Å². The maximum atomic E-state index is 12.1. The molecule has 0 aromatic heterocycles. The van der Waals surface area contributed by atoms with Crippen molar-refractivity contribution in [2.24, 2.45) is 11.3 Å². The van der Waals surface area contributed by atoms with Crippen LogP contribution in [-0.2, 0) is 16.2 Å². The zero-order valence-corrected chi connectivity index (χ0v) is 12.2. The number of nitrogens with zero attached hydrogens (tertiary/aromatic N) is 1. The fraction of sp³-hybridized carbons (Fsp3) is 0.417. The Bertz CT molecular complexity index is 520. The molecule has 104 valence electrons. The van der Waals surface area contributed by atoms with Gasteiger partial charge in [-0.1, -0.05) is 23.2 Å². The highest BCUT2D eigenvalue weighted by molar-refractivity contribution is 6.36. The summed E-state index contributed by atoms with van der Waals surface area (Å²) in [5.74, 6) is 5.29. The van der Waals surface area contributed by atoms with Crippen LogP contribution >= 0.6 is 23.2 Å². The van der Waals surface area contributed by atoms with Crippen LogP contribution in [0.1, 0.15) is 19.4 Å². The topological polar surface area (TPSA) is 67.6 Å². The zero-order valence-electron chi connectivity index (χ0n) is 10.7. The number of hydrazine groups is 1. The van der Waals surface area contributed by atoms with Gasteiger partial charge in [-0.3, -0.25) is 15.5 Å². The van der Waals surface area contributed by atoms with Gasteiger partial charge in [0.1, 0.15) is 0 Å². The van der Waals surface area contributed by atoms with Crippen LogP contribution in [0.3, 0.4) is 0 Å². The molecule has 1 saturated heterocycles. The highest BCUT2D eigenvalue weighted by Crippen LogP contribution is 2.32. The SMILES string of the molecule is CC1(C)CON(Cc2cc(NN)c(Cl)cc2Cl)C1=O. The number of benzene rings is 1. The van der Waals surface area contributed by atoms with E-state index in [1.165, 1.54) is 5.06 Å². The lowest BCUT2D eigenvalue weighted by Crippen LogP contribution is -2.30. The fourth-order valence-electron chi connectivity index (χ4n) is 1.80. The summed E-state index contributed by atoms with van der Waals surface area (Å²) in [6.45, 7) is 4.29. The second-order valence-corrected chi connectivity index (χ2v) is 5.88. The number of nitrogen functional groups attached to an aromatic ring is 1. The first kappa shape index (κ1) is 14.4. The number of carbonyl (C=O) groups is 1. The van der Waals surface area contributed by atoms with Crippen molar-refractivity contribution in [2.45, 2.75) is 20.4 Å². The summed E-state index contributed by atoms with van der Waals surface area (Å²) in [5.41, 5.74) is 3.24. The van der Waals surface area contributed by atoms with Crippen molar-refractivity contribution in [1.29, 1.82) is 0 Å². The normalized spacial score (nSPS) is 17.9. The molecule has 2 rings (SSSR count). The minimum Gasteiger partial charge on any atom is -0.323 e. The summed E-state index contributed by atoms with van der Waals surface area (Å²) in [7, 11) is 0. The van der Waals surface area contributed by atoms with E-state index in [4.69, 9.17) is 33.9 Å². The van der Waals surface area contributed by atoms with Gasteiger partial charge in [-0.2, -0.15) is 0 Å². The summed E-state index contributed by atoms with van der Waals surface area (Å²) in [6, 6.07) is 3.28. The fourth-order valence-corrected chi connectivity index (χ4v) is 2.29. The number of nitrogens with two attached hydrogens (primary N) is 1. The molecule has 1 aliphatic heterocycles. The number of halogens is 2. The predicted octanol–water partition coefficient (Wildman–Crippen LogP) is 2.58. The van der Waals surface area contributed by atoms with Crippen molar-refractivity contribution >= 4 is 34.8 Å². The Labute approximate surface area is 121 Å². The number of hydrogen-bond acceptors (Lipinski definition) is 4. The highest BCUT2D eigenvalue weighted by atomic mass is 35.5. The Morgan fingerprint density at radius 3 is 2.63 bits per heavy atom. The molecule has 1 aromatic rings. The van der Waals surface area contributed by atoms with Crippen LogP contribution in [0.15, 0.2) is 12.1 Å². The summed E-state index contributed by atoms with van der Waals surface area (Å²) < 4.78 is 0. The van der Waals surface area contributed by atoms with Gasteiger partial charge in [0, 0.05) is 5.02 Å². The van der Waals surface area contributed by atoms with Crippen LogP contribution in [0, 0.1) is 5.41 Å². The smallest absolute Gasteiger partial charge is 0.254 e. The zero-order chi connectivity index (χ0) is 14.2. The lowest BCUT2D eigenvalue weighted by Gasteiger charge is -2.18. The molecule has 5 nitrogen and oxygen atoms in total. The molecule has 0 bridgehead atoms. The van der Waals surface area contributed by atoms with Crippen molar-refractivity contribution in [3.63, 3.8) is 0 Å². The molecule has 0 unspecified atom stereocenters. The van der Waals surface area contributed by atoms with Crippen LogP contribution in [0.2, 0.25) is 10.0 Å². The summed E-state index contributed by atoms with van der Waals surface area (Å²) in [5, 5.41) is 2.20. The molecule has 1 aliphatic rings. The Balaban J connectivity index is 2.23. The van der Waals surface area contributed by atoms with Gasteiger partial charge in [0.15, 0.2) is 0 Å². The van der Waals surface area contributed by atoms with Gasteiger partial charge in [-0.15, -0.1) is 0 Å². The van der Waals surface area contributed by atoms with E-state index in [2.05, 4.69) is 5.43 Å². The van der Waals surface area contributed by atoms with E-state index in [-0.39, 0.29) is 12.5 Å². The standard InChI is InChI=1S/C12H15Cl2N3O2/c1-12(2)6-19-17(11(12)18)5-7-3-10(16-15)9(14)4-8(7)13/h3-4,16H,5-6,15H2,1-2H3. The molecule has 1 fully saturated rings. The molecule has 1 heterocycles. The van der Waals surface area contributed by atoms with E-state index in [9.17, 15) is 4.79 Å². The van der Waals surface area contributed by atoms with Crippen LogP contribution in [0.5, 0.6) is 0 Å². The molecule has 0 atom stereocenters. The third kappa shape index (κ3) is 2.79. The summed E-state index contributed by atoms with van der Waals surface area (Å²) >= 11 is 12.1. The van der Waals surface area contributed by atoms with E-state index >= 15 is 0 Å². The second kappa shape index (κ2) is 5.17. The largest absolute Gasteiger partial charge is 0.323 e. The molecule has 3 N–H and O–H groups in total. The van der Waals surface area contributed by atoms with Gasteiger partial charge in [0.25, 0.3) is 5.91 Å². The quantitative estimate of drug-likeness (QED) is 0.665. The second-order valence-electron chi connectivity index (χ2n) is 5.07. The molecule has 19 heavy (non-hydrogen) atoms. The number of carbonyl (C=O) groups excluding carboxylic acids is 1. The third-order valence-corrected chi connectivity index (χ3v) is 3.66. The lowest BCUT2D eigenvalue weighted by molar-refractivity contribution is -0.165. The summed E-state index contributed by atoms with van der Waals surface area (Å²) in [6.07, 6.45) is 0. The number of anilines is 1. The Morgan fingerprint density at radius 1 is 1.42 bits per heavy atom. The maximum absolute atomic E-state index is 12.1. The van der Waals surface area contributed by atoms with E-state index in [0.29, 0.717) is 27.9 Å². The lowest BCUT2D eigenvalue weighted by atomic mass is 9.95. The number of nitrogens with one attached hydrogen (secondary N) is 1. The minimum absolute atomic E-state index is 0.0687. The van der Waals surface area contributed by atoms with Gasteiger partial charge >= 0.3 is 0 Å². The first-order valence-electron chi connectivity index (χ1n) is 5.74. The maximum Gasteiger partial charge on any atom is 0.254 e. The first-order valence-corrected chi connectivity index (χ1v) is 6.50. The van der Waals surface area contributed by atoms with Crippen LogP contribution < -0.4 is 11.3 Å². The van der Waals surface area contributed by atoms with Crippen molar-refractivity contribution < 1.29 is 9.63 Å². The monoisotopic (exact) mass is 303 g/mol. The van der Waals surface area contributed by atoms with Crippen molar-refractivity contribution in [3.05, 3.63) is 27.7 Å². The molecular formula is C12H15Cl2N3O2. The average molecular weight is 304 g/mol. The Kier molecular flexibility index (Phi) is 3.92. The molecule has 0 saturated carbocycles. The molecule has 0 aliphatic carbocycles. The number of rotatable bonds is 3. The molecule has 0 spiro atoms. The average Bonchev–Trinajstić information content (AvgIpc) is 2.59. The van der Waals surface area contributed by atoms with E-state index < -0.39 is 5.41 Å². The number of amides is 1. The minimum atomic E-state index is -0.506. The molecule has 1 amide bonds. The third-order valence-electron chi connectivity index (χ3n) is 2.99. The van der Waals surface area contributed by atoms with Gasteiger partial charge in [0.2, 0.25) is 0 Å². The van der Waals surface area contributed by atoms with E-state index in [0.717, 1.165) is 0 Å². The Morgan fingerprint density at radius 2 is 2.11 bits per heavy atom. The molecular weight excluding hydrogens is 289 g/mol. The number of hydrogen-bond donors (Lipinski definition) is 2. The van der Waals surface area contributed by atoms with Crippen LogP contribution in [-0.4, -0.2) is 17.6 Å². The van der Waals surface area contributed by atoms with Crippen LogP contribution in [0.25, 0.3) is 0 Å². The molecule has 0 radical (unpaired) electrons. The van der Waals surface area contributed by atoms with Crippen molar-refractivity contribution in [2.75, 3.05) is 12.0 Å². The first-order chi connectivity index (χ1) is 8.85. The van der Waals surface area contributed by atoms with Gasteiger partial charge < -0.3 is 5.43 Å². The van der Waals surface area contributed by atoms with Gasteiger partial charge in [0.05, 0.1) is 29.3 Å². The molecule has 1 aromatic carbocycles. The Hall–Kier alpha value is -1.01. The van der Waals surface area contributed by atoms with Gasteiger partial charge in [-0.25, -0.2) is 5.06 Å². The predicted molar refractivity (Wildman–Crippen MR) is 74.6 cm³/mol.